The molecule has 88 valence electrons. The summed E-state index contributed by atoms with van der Waals surface area (Å²) in [7, 11) is 0. The molecule has 1 aromatic carbocycles. The van der Waals surface area contributed by atoms with Gasteiger partial charge in [-0.05, 0) is 12.0 Å². The second kappa shape index (κ2) is 7.10. The minimum atomic E-state index is 0.285. The Labute approximate surface area is 98.8 Å². The van der Waals surface area contributed by atoms with E-state index in [1.807, 2.05) is 12.1 Å². The maximum absolute atomic E-state index is 9.04. The molecular formula is C15H22O. The van der Waals surface area contributed by atoms with Crippen LogP contribution in [0.3, 0.4) is 0 Å². The molecule has 1 fully saturated rings. The molecule has 0 bridgehead atoms. The van der Waals surface area contributed by atoms with Gasteiger partial charge in [0, 0.05) is 5.56 Å². The normalized spacial score (nSPS) is 15.3. The van der Waals surface area contributed by atoms with E-state index in [1.165, 1.54) is 32.1 Å². The number of hydrogen-bond acceptors (Lipinski definition) is 1. The van der Waals surface area contributed by atoms with Crippen molar-refractivity contribution in [1.82, 2.24) is 0 Å². The van der Waals surface area contributed by atoms with E-state index in [0.717, 1.165) is 11.5 Å². The number of aromatic hydroxyl groups is 1. The Hall–Kier alpha value is -1.24. The lowest BCUT2D eigenvalue weighted by atomic mass is 10.1. The molecule has 2 rings (SSSR count). The van der Waals surface area contributed by atoms with Crippen LogP contribution in [0.4, 0.5) is 0 Å². The molecule has 0 atom stereocenters. The van der Waals surface area contributed by atoms with Crippen molar-refractivity contribution in [3.05, 3.63) is 36.4 Å². The Kier molecular flexibility index (Phi) is 5.69. The molecule has 1 heteroatoms. The van der Waals surface area contributed by atoms with E-state index in [-0.39, 0.29) is 5.75 Å². The summed E-state index contributed by atoms with van der Waals surface area (Å²) in [6.45, 7) is 5.83. The van der Waals surface area contributed by atoms with Crippen LogP contribution < -0.4 is 0 Å². The molecule has 0 unspecified atom stereocenters. The van der Waals surface area contributed by atoms with Crippen LogP contribution >= 0.6 is 0 Å². The lowest BCUT2D eigenvalue weighted by Crippen LogP contribution is -1.86. The summed E-state index contributed by atoms with van der Waals surface area (Å²) in [5, 5.41) is 9.04. The largest absolute Gasteiger partial charge is 0.507 e. The van der Waals surface area contributed by atoms with Gasteiger partial charge in [0.25, 0.3) is 0 Å². The highest BCUT2D eigenvalue weighted by Gasteiger charge is 2.11. The van der Waals surface area contributed by atoms with Gasteiger partial charge < -0.3 is 5.11 Å². The summed E-state index contributed by atoms with van der Waals surface area (Å²) in [5.74, 6) is 1.38. The summed E-state index contributed by atoms with van der Waals surface area (Å²) in [4.78, 5) is 0. The standard InChI is InChI=1S/C8H8O.C7H14/c1-2-7-5-3-4-6-8(7)9;1-2-7-5-3-4-6-7/h2-6,9H,1H2;7H,2-6H2,1H3. The van der Waals surface area contributed by atoms with Gasteiger partial charge in [0.2, 0.25) is 0 Å². The van der Waals surface area contributed by atoms with Crippen LogP contribution in [0.15, 0.2) is 30.8 Å². The minimum Gasteiger partial charge on any atom is -0.507 e. The number of phenols is 1. The van der Waals surface area contributed by atoms with Gasteiger partial charge in [-0.2, -0.15) is 0 Å². The third-order valence-electron chi connectivity index (χ3n) is 3.21. The highest BCUT2D eigenvalue weighted by Crippen LogP contribution is 2.26. The molecule has 0 spiro atoms. The van der Waals surface area contributed by atoms with E-state index in [2.05, 4.69) is 13.5 Å². The summed E-state index contributed by atoms with van der Waals surface area (Å²) in [6, 6.07) is 7.08. The number of benzene rings is 1. The molecule has 0 aromatic heterocycles. The zero-order valence-corrected chi connectivity index (χ0v) is 10.2. The first-order chi connectivity index (χ1) is 7.77. The monoisotopic (exact) mass is 218 g/mol. The van der Waals surface area contributed by atoms with Crippen LogP contribution in [-0.4, -0.2) is 5.11 Å². The maximum atomic E-state index is 9.04. The van der Waals surface area contributed by atoms with Crippen LogP contribution in [0.25, 0.3) is 6.08 Å². The summed E-state index contributed by atoms with van der Waals surface area (Å²) in [5.41, 5.74) is 0.775. The summed E-state index contributed by atoms with van der Waals surface area (Å²) < 4.78 is 0. The van der Waals surface area contributed by atoms with Crippen molar-refractivity contribution in [2.75, 3.05) is 0 Å². The topological polar surface area (TPSA) is 20.2 Å². The molecule has 1 aliphatic rings. The number of hydrogen-bond donors (Lipinski definition) is 1. The van der Waals surface area contributed by atoms with Crippen LogP contribution in [0, 0.1) is 5.92 Å². The third kappa shape index (κ3) is 4.09. The molecule has 16 heavy (non-hydrogen) atoms. The third-order valence-corrected chi connectivity index (χ3v) is 3.21. The Morgan fingerprint density at radius 2 is 1.94 bits per heavy atom. The fraction of sp³-hybridized carbons (Fsp3) is 0.467. The van der Waals surface area contributed by atoms with Gasteiger partial charge in [0.05, 0.1) is 0 Å². The summed E-state index contributed by atoms with van der Waals surface area (Å²) in [6.07, 6.45) is 9.05. The molecule has 1 nitrogen and oxygen atoms in total. The number of rotatable bonds is 2. The molecule has 1 N–H and O–H groups in total. The van der Waals surface area contributed by atoms with Crippen molar-refractivity contribution in [2.45, 2.75) is 39.0 Å². The number of phenolic OH excluding ortho intramolecular Hbond substituents is 1. The molecule has 0 radical (unpaired) electrons. The summed E-state index contributed by atoms with van der Waals surface area (Å²) >= 11 is 0. The van der Waals surface area contributed by atoms with Crippen molar-refractivity contribution < 1.29 is 5.11 Å². The Morgan fingerprint density at radius 1 is 1.31 bits per heavy atom. The van der Waals surface area contributed by atoms with Gasteiger partial charge in [-0.25, -0.2) is 0 Å². The van der Waals surface area contributed by atoms with E-state index in [0.29, 0.717) is 0 Å². The van der Waals surface area contributed by atoms with Gasteiger partial charge in [0.1, 0.15) is 5.75 Å². The van der Waals surface area contributed by atoms with Gasteiger partial charge in [-0.1, -0.05) is 69.9 Å². The van der Waals surface area contributed by atoms with E-state index in [4.69, 9.17) is 5.11 Å². The molecule has 0 amide bonds. The van der Waals surface area contributed by atoms with Crippen molar-refractivity contribution in [3.63, 3.8) is 0 Å². The highest BCUT2D eigenvalue weighted by molar-refractivity contribution is 5.54. The van der Waals surface area contributed by atoms with Crippen molar-refractivity contribution in [1.29, 1.82) is 0 Å². The lowest BCUT2D eigenvalue weighted by Gasteiger charge is -1.99. The fourth-order valence-electron chi connectivity index (χ4n) is 2.08. The predicted octanol–water partition coefficient (Wildman–Crippen LogP) is 4.62. The van der Waals surface area contributed by atoms with Crippen molar-refractivity contribution in [3.8, 4) is 5.75 Å². The molecule has 1 aromatic rings. The van der Waals surface area contributed by atoms with Crippen LogP contribution in [-0.2, 0) is 0 Å². The molecule has 0 heterocycles. The highest BCUT2D eigenvalue weighted by atomic mass is 16.3. The SMILES string of the molecule is C=Cc1ccccc1O.CCC1CCCC1. The minimum absolute atomic E-state index is 0.285. The van der Waals surface area contributed by atoms with E-state index in [1.54, 1.807) is 18.2 Å². The Morgan fingerprint density at radius 3 is 2.31 bits per heavy atom. The average molecular weight is 218 g/mol. The van der Waals surface area contributed by atoms with Crippen LogP contribution in [0.1, 0.15) is 44.6 Å². The fourth-order valence-corrected chi connectivity index (χ4v) is 2.08. The average Bonchev–Trinajstić information content (AvgIpc) is 2.83. The zero-order chi connectivity index (χ0) is 11.8. The van der Waals surface area contributed by atoms with E-state index < -0.39 is 0 Å². The van der Waals surface area contributed by atoms with Gasteiger partial charge in [0.15, 0.2) is 0 Å². The molecule has 0 saturated heterocycles. The predicted molar refractivity (Wildman–Crippen MR) is 70.4 cm³/mol. The zero-order valence-electron chi connectivity index (χ0n) is 10.2. The van der Waals surface area contributed by atoms with Gasteiger partial charge in [-0.15, -0.1) is 0 Å². The smallest absolute Gasteiger partial charge is 0.122 e. The second-order valence-electron chi connectivity index (χ2n) is 4.32. The first-order valence-electron chi connectivity index (χ1n) is 6.18. The number of para-hydroxylation sites is 1. The first-order valence-corrected chi connectivity index (χ1v) is 6.18. The Balaban J connectivity index is 0.000000165. The van der Waals surface area contributed by atoms with Gasteiger partial charge in [-0.3, -0.25) is 0 Å². The first kappa shape index (κ1) is 12.8. The molecular weight excluding hydrogens is 196 g/mol. The quantitative estimate of drug-likeness (QED) is 0.767. The van der Waals surface area contributed by atoms with Crippen molar-refractivity contribution in [2.24, 2.45) is 5.92 Å². The Bertz CT molecular complexity index is 311. The van der Waals surface area contributed by atoms with E-state index >= 15 is 0 Å². The molecule has 1 saturated carbocycles. The van der Waals surface area contributed by atoms with Crippen molar-refractivity contribution >= 4 is 6.08 Å². The molecule has 0 aliphatic heterocycles. The van der Waals surface area contributed by atoms with Crippen LogP contribution in [0.2, 0.25) is 0 Å². The van der Waals surface area contributed by atoms with Gasteiger partial charge >= 0.3 is 0 Å². The maximum Gasteiger partial charge on any atom is 0.122 e. The lowest BCUT2D eigenvalue weighted by molar-refractivity contribution is 0.474. The molecule has 1 aliphatic carbocycles. The second-order valence-corrected chi connectivity index (χ2v) is 4.32. The van der Waals surface area contributed by atoms with Crippen LogP contribution in [0.5, 0.6) is 5.75 Å². The van der Waals surface area contributed by atoms with E-state index in [9.17, 15) is 0 Å².